The Morgan fingerprint density at radius 1 is 1.53 bits per heavy atom. The van der Waals surface area contributed by atoms with Crippen LogP contribution in [-0.4, -0.2) is 41.8 Å². The maximum Gasteiger partial charge on any atom is 0.240 e. The van der Waals surface area contributed by atoms with Gasteiger partial charge in [0.25, 0.3) is 0 Å². The van der Waals surface area contributed by atoms with Gasteiger partial charge in [0, 0.05) is 19.0 Å². The molecule has 0 saturated carbocycles. The monoisotopic (exact) mass is 212 g/mol. The third-order valence-corrected chi connectivity index (χ3v) is 3.00. The Morgan fingerprint density at radius 2 is 2.13 bits per heavy atom. The molecule has 4 heteroatoms. The minimum atomic E-state index is -0.567. The summed E-state index contributed by atoms with van der Waals surface area (Å²) in [6, 6.07) is 0. The molecule has 15 heavy (non-hydrogen) atoms. The topological polar surface area (TPSA) is 49.4 Å². The Balaban J connectivity index is 2.68. The summed E-state index contributed by atoms with van der Waals surface area (Å²) in [4.78, 5) is 25.2. The fourth-order valence-electron chi connectivity index (χ4n) is 1.59. The van der Waals surface area contributed by atoms with Crippen molar-refractivity contribution in [2.24, 2.45) is 5.92 Å². The number of amides is 1. The van der Waals surface area contributed by atoms with Crippen molar-refractivity contribution in [3.05, 3.63) is 0 Å². The molecule has 0 atom stereocenters. The van der Waals surface area contributed by atoms with Gasteiger partial charge in [-0.05, 0) is 13.8 Å². The average molecular weight is 212 g/mol. The number of hydrogen-bond donors (Lipinski definition) is 1. The molecule has 1 aliphatic heterocycles. The van der Waals surface area contributed by atoms with E-state index in [1.807, 2.05) is 32.6 Å². The van der Waals surface area contributed by atoms with E-state index in [0.717, 1.165) is 6.54 Å². The van der Waals surface area contributed by atoms with Gasteiger partial charge in [0.05, 0.1) is 12.1 Å². The summed E-state index contributed by atoms with van der Waals surface area (Å²) in [7, 11) is 0. The summed E-state index contributed by atoms with van der Waals surface area (Å²) in [5, 5.41) is 2.81. The third-order valence-electron chi connectivity index (χ3n) is 3.00. The van der Waals surface area contributed by atoms with E-state index in [1.54, 1.807) is 0 Å². The van der Waals surface area contributed by atoms with Crippen LogP contribution in [0.4, 0.5) is 0 Å². The molecule has 1 aliphatic rings. The molecule has 4 nitrogen and oxygen atoms in total. The molecule has 0 radical (unpaired) electrons. The van der Waals surface area contributed by atoms with E-state index in [9.17, 15) is 9.59 Å². The molecule has 0 aromatic heterocycles. The van der Waals surface area contributed by atoms with Crippen LogP contribution in [0.1, 0.15) is 27.7 Å². The zero-order valence-electron chi connectivity index (χ0n) is 9.96. The Labute approximate surface area is 91.0 Å². The van der Waals surface area contributed by atoms with Gasteiger partial charge in [-0.1, -0.05) is 13.8 Å². The molecule has 0 aromatic rings. The summed E-state index contributed by atoms with van der Waals surface area (Å²) in [5.41, 5.74) is -0.567. The minimum Gasteiger partial charge on any atom is -0.353 e. The molecule has 1 N–H and O–H groups in total. The molecule has 1 heterocycles. The van der Waals surface area contributed by atoms with Crippen molar-refractivity contribution in [3.63, 3.8) is 0 Å². The predicted molar refractivity (Wildman–Crippen MR) is 58.5 cm³/mol. The highest BCUT2D eigenvalue weighted by atomic mass is 16.2. The van der Waals surface area contributed by atoms with Crippen molar-refractivity contribution in [2.75, 3.05) is 19.6 Å². The highest BCUT2D eigenvalue weighted by molar-refractivity contribution is 5.88. The van der Waals surface area contributed by atoms with Crippen LogP contribution in [-0.2, 0) is 9.59 Å². The van der Waals surface area contributed by atoms with E-state index in [2.05, 4.69) is 5.32 Å². The number of hydrogen-bond acceptors (Lipinski definition) is 3. The number of nitrogens with one attached hydrogen (secondary N) is 1. The highest BCUT2D eigenvalue weighted by Crippen LogP contribution is 2.17. The molecule has 86 valence electrons. The second-order valence-electron chi connectivity index (χ2n) is 4.86. The molecule has 0 unspecified atom stereocenters. The standard InChI is InChI=1S/C11H20N2O2/c1-8(2)9(14)7-13-6-5-12-10(15)11(13,3)4/h8H,5-7H2,1-4H3,(H,12,15). The number of ketones is 1. The summed E-state index contributed by atoms with van der Waals surface area (Å²) >= 11 is 0. The fraction of sp³-hybridized carbons (Fsp3) is 0.818. The van der Waals surface area contributed by atoms with Crippen LogP contribution in [0.15, 0.2) is 0 Å². The lowest BCUT2D eigenvalue weighted by molar-refractivity contribution is -0.137. The van der Waals surface area contributed by atoms with Gasteiger partial charge in [-0.25, -0.2) is 0 Å². The molecule has 0 aliphatic carbocycles. The lowest BCUT2D eigenvalue weighted by Crippen LogP contribution is -2.62. The number of piperazine rings is 1. The zero-order valence-corrected chi connectivity index (χ0v) is 9.96. The van der Waals surface area contributed by atoms with Crippen molar-refractivity contribution in [3.8, 4) is 0 Å². The maximum atomic E-state index is 11.6. The molecule has 0 aromatic carbocycles. The maximum absolute atomic E-state index is 11.6. The van der Waals surface area contributed by atoms with Crippen LogP contribution in [0.25, 0.3) is 0 Å². The van der Waals surface area contributed by atoms with E-state index in [0.29, 0.717) is 13.1 Å². The first kappa shape index (κ1) is 12.2. The number of nitrogens with zero attached hydrogens (tertiary/aromatic N) is 1. The van der Waals surface area contributed by atoms with Gasteiger partial charge in [-0.2, -0.15) is 0 Å². The van der Waals surface area contributed by atoms with Crippen molar-refractivity contribution in [2.45, 2.75) is 33.2 Å². The molecule has 1 rings (SSSR count). The molecule has 1 fully saturated rings. The first-order valence-electron chi connectivity index (χ1n) is 5.41. The largest absolute Gasteiger partial charge is 0.353 e. The van der Waals surface area contributed by atoms with E-state index in [-0.39, 0.29) is 17.6 Å². The Kier molecular flexibility index (Phi) is 3.50. The van der Waals surface area contributed by atoms with Gasteiger partial charge in [0.1, 0.15) is 5.78 Å². The van der Waals surface area contributed by atoms with Crippen LogP contribution in [0.2, 0.25) is 0 Å². The van der Waals surface area contributed by atoms with Crippen molar-refractivity contribution >= 4 is 11.7 Å². The molecule has 1 amide bonds. The fourth-order valence-corrected chi connectivity index (χ4v) is 1.59. The second kappa shape index (κ2) is 4.31. The lowest BCUT2D eigenvalue weighted by atomic mass is 9.97. The van der Waals surface area contributed by atoms with E-state index < -0.39 is 5.54 Å². The normalized spacial score (nSPS) is 21.5. The molecule has 0 bridgehead atoms. The van der Waals surface area contributed by atoms with Crippen LogP contribution in [0.3, 0.4) is 0 Å². The number of carbonyl (C=O) groups excluding carboxylic acids is 2. The number of rotatable bonds is 3. The SMILES string of the molecule is CC(C)C(=O)CN1CCNC(=O)C1(C)C. The van der Waals surface area contributed by atoms with Crippen LogP contribution >= 0.6 is 0 Å². The first-order chi connectivity index (χ1) is 6.85. The van der Waals surface area contributed by atoms with E-state index in [1.165, 1.54) is 0 Å². The third kappa shape index (κ3) is 2.56. The predicted octanol–water partition coefficient (Wildman–Crippen LogP) is 0.422. The van der Waals surface area contributed by atoms with Crippen molar-refractivity contribution in [1.29, 1.82) is 0 Å². The minimum absolute atomic E-state index is 0.00491. The summed E-state index contributed by atoms with van der Waals surface area (Å²) in [5.74, 6) is 0.230. The summed E-state index contributed by atoms with van der Waals surface area (Å²) in [6.45, 7) is 9.24. The van der Waals surface area contributed by atoms with Crippen LogP contribution < -0.4 is 5.32 Å². The van der Waals surface area contributed by atoms with Gasteiger partial charge in [-0.15, -0.1) is 0 Å². The molecular weight excluding hydrogens is 192 g/mol. The first-order valence-corrected chi connectivity index (χ1v) is 5.41. The highest BCUT2D eigenvalue weighted by Gasteiger charge is 2.38. The number of Topliss-reactive ketones (excluding diaryl/α,β-unsaturated/α-hetero) is 1. The molecular formula is C11H20N2O2. The quantitative estimate of drug-likeness (QED) is 0.737. The molecule has 0 spiro atoms. The summed E-state index contributed by atoms with van der Waals surface area (Å²) in [6.07, 6.45) is 0. The van der Waals surface area contributed by atoms with E-state index >= 15 is 0 Å². The van der Waals surface area contributed by atoms with Gasteiger partial charge in [0.15, 0.2) is 0 Å². The Hall–Kier alpha value is -0.900. The van der Waals surface area contributed by atoms with Crippen molar-refractivity contribution < 1.29 is 9.59 Å². The van der Waals surface area contributed by atoms with Crippen molar-refractivity contribution in [1.82, 2.24) is 10.2 Å². The van der Waals surface area contributed by atoms with Gasteiger partial charge in [0.2, 0.25) is 5.91 Å². The zero-order chi connectivity index (χ0) is 11.6. The smallest absolute Gasteiger partial charge is 0.240 e. The molecule has 1 saturated heterocycles. The van der Waals surface area contributed by atoms with Gasteiger partial charge < -0.3 is 5.32 Å². The Morgan fingerprint density at radius 3 is 2.67 bits per heavy atom. The Bertz CT molecular complexity index is 272. The van der Waals surface area contributed by atoms with Crippen LogP contribution in [0, 0.1) is 5.92 Å². The average Bonchev–Trinajstić information content (AvgIpc) is 2.13. The lowest BCUT2D eigenvalue weighted by Gasteiger charge is -2.40. The summed E-state index contributed by atoms with van der Waals surface area (Å²) < 4.78 is 0. The van der Waals surface area contributed by atoms with Crippen LogP contribution in [0.5, 0.6) is 0 Å². The second-order valence-corrected chi connectivity index (χ2v) is 4.86. The number of carbonyl (C=O) groups is 2. The van der Waals surface area contributed by atoms with Gasteiger partial charge >= 0.3 is 0 Å². The van der Waals surface area contributed by atoms with E-state index in [4.69, 9.17) is 0 Å². The van der Waals surface area contributed by atoms with Gasteiger partial charge in [-0.3, -0.25) is 14.5 Å².